The standard InChI is InChI=1S/C23H28N4O/c1-16(12-13-24-5)18-8-11-21-25-20(15-27(21)14-18)26-22(28)17-6-9-19(10-7-17)23(2,3)4/h6-15,22,26,28H,1-5H3/b16-12+,24-13?. The van der Waals surface area contributed by atoms with Crippen molar-refractivity contribution < 1.29 is 5.11 Å². The van der Waals surface area contributed by atoms with Gasteiger partial charge in [-0.15, -0.1) is 0 Å². The number of aliphatic hydroxyl groups is 1. The highest BCUT2D eigenvalue weighted by molar-refractivity contribution is 5.83. The van der Waals surface area contributed by atoms with Gasteiger partial charge in [0.05, 0.1) is 6.20 Å². The van der Waals surface area contributed by atoms with Crippen molar-refractivity contribution in [3.8, 4) is 0 Å². The van der Waals surface area contributed by atoms with Gasteiger partial charge in [0.25, 0.3) is 0 Å². The fourth-order valence-electron chi connectivity index (χ4n) is 2.97. The van der Waals surface area contributed by atoms with Crippen LogP contribution in [0.1, 0.15) is 50.6 Å². The summed E-state index contributed by atoms with van der Waals surface area (Å²) >= 11 is 0. The summed E-state index contributed by atoms with van der Waals surface area (Å²) in [7, 11) is 1.75. The van der Waals surface area contributed by atoms with Crippen LogP contribution >= 0.6 is 0 Å². The number of aliphatic hydroxyl groups excluding tert-OH is 1. The molecule has 0 saturated heterocycles. The van der Waals surface area contributed by atoms with Crippen molar-refractivity contribution in [3.63, 3.8) is 0 Å². The van der Waals surface area contributed by atoms with E-state index in [0.717, 1.165) is 22.3 Å². The molecule has 5 nitrogen and oxygen atoms in total. The largest absolute Gasteiger partial charge is 0.369 e. The SMILES string of the molecule is CN=C/C=C(\C)c1ccc2nc(NC(O)c3ccc(C(C)(C)C)cc3)cn2c1. The second-order valence-corrected chi connectivity index (χ2v) is 7.99. The average Bonchev–Trinajstić information content (AvgIpc) is 3.06. The number of hydrogen-bond donors (Lipinski definition) is 2. The Morgan fingerprint density at radius 3 is 2.50 bits per heavy atom. The Labute approximate surface area is 166 Å². The number of anilines is 1. The molecule has 2 aromatic heterocycles. The Morgan fingerprint density at radius 2 is 1.86 bits per heavy atom. The molecule has 3 aromatic rings. The van der Waals surface area contributed by atoms with Crippen LogP contribution in [0.25, 0.3) is 11.2 Å². The fraction of sp³-hybridized carbons (Fsp3) is 0.304. The summed E-state index contributed by atoms with van der Waals surface area (Å²) in [5, 5.41) is 13.6. The predicted molar refractivity (Wildman–Crippen MR) is 117 cm³/mol. The van der Waals surface area contributed by atoms with Crippen LogP contribution in [0.2, 0.25) is 0 Å². The number of rotatable bonds is 5. The quantitative estimate of drug-likeness (QED) is 0.495. The molecule has 0 aliphatic rings. The van der Waals surface area contributed by atoms with Crippen molar-refractivity contribution in [2.75, 3.05) is 12.4 Å². The highest BCUT2D eigenvalue weighted by Crippen LogP contribution is 2.25. The Hall–Kier alpha value is -2.92. The van der Waals surface area contributed by atoms with Crippen molar-refractivity contribution in [2.24, 2.45) is 4.99 Å². The van der Waals surface area contributed by atoms with E-state index in [1.165, 1.54) is 5.56 Å². The van der Waals surface area contributed by atoms with Crippen LogP contribution < -0.4 is 5.32 Å². The maximum absolute atomic E-state index is 10.5. The van der Waals surface area contributed by atoms with Gasteiger partial charge in [-0.1, -0.05) is 45.0 Å². The maximum Gasteiger partial charge on any atom is 0.151 e. The fourth-order valence-corrected chi connectivity index (χ4v) is 2.97. The van der Waals surface area contributed by atoms with Crippen molar-refractivity contribution >= 4 is 23.3 Å². The molecule has 0 aliphatic heterocycles. The first kappa shape index (κ1) is 19.8. The molecule has 5 heteroatoms. The molecule has 3 rings (SSSR count). The summed E-state index contributed by atoms with van der Waals surface area (Å²) in [5.41, 5.74) is 5.16. The lowest BCUT2D eigenvalue weighted by Crippen LogP contribution is -2.13. The van der Waals surface area contributed by atoms with E-state index >= 15 is 0 Å². The van der Waals surface area contributed by atoms with E-state index in [9.17, 15) is 5.11 Å². The summed E-state index contributed by atoms with van der Waals surface area (Å²) in [4.78, 5) is 8.53. The molecule has 0 amide bonds. The zero-order valence-electron chi connectivity index (χ0n) is 17.1. The number of aromatic nitrogens is 2. The smallest absolute Gasteiger partial charge is 0.151 e. The highest BCUT2D eigenvalue weighted by Gasteiger charge is 2.15. The van der Waals surface area contributed by atoms with Gasteiger partial charge in [0.15, 0.2) is 6.23 Å². The third-order valence-electron chi connectivity index (χ3n) is 4.76. The van der Waals surface area contributed by atoms with Crippen LogP contribution in [-0.2, 0) is 5.41 Å². The lowest BCUT2D eigenvalue weighted by Gasteiger charge is -2.20. The Balaban J connectivity index is 1.78. The molecular formula is C23H28N4O. The molecule has 1 atom stereocenters. The topological polar surface area (TPSA) is 61.9 Å². The van der Waals surface area contributed by atoms with Crippen LogP contribution in [0.3, 0.4) is 0 Å². The monoisotopic (exact) mass is 376 g/mol. The summed E-state index contributed by atoms with van der Waals surface area (Å²) in [5.74, 6) is 0.626. The summed E-state index contributed by atoms with van der Waals surface area (Å²) in [6.45, 7) is 8.57. The van der Waals surface area contributed by atoms with Gasteiger partial charge in [0.1, 0.15) is 11.5 Å². The number of nitrogens with one attached hydrogen (secondary N) is 1. The molecule has 1 unspecified atom stereocenters. The second kappa shape index (κ2) is 7.98. The zero-order chi connectivity index (χ0) is 20.3. The molecule has 0 fully saturated rings. The maximum atomic E-state index is 10.5. The van der Waals surface area contributed by atoms with Crippen molar-refractivity contribution in [1.29, 1.82) is 0 Å². The minimum atomic E-state index is -0.819. The number of nitrogens with zero attached hydrogens (tertiary/aromatic N) is 3. The number of hydrogen-bond acceptors (Lipinski definition) is 4. The van der Waals surface area contributed by atoms with Gasteiger partial charge in [-0.2, -0.15) is 0 Å². The molecule has 0 saturated carbocycles. The van der Waals surface area contributed by atoms with Crippen molar-refractivity contribution in [3.05, 3.63) is 71.6 Å². The predicted octanol–water partition coefficient (Wildman–Crippen LogP) is 4.84. The van der Waals surface area contributed by atoms with Crippen LogP contribution in [0.5, 0.6) is 0 Å². The normalized spacial score (nSPS) is 14.0. The van der Waals surface area contributed by atoms with Crippen molar-refractivity contribution in [2.45, 2.75) is 39.3 Å². The van der Waals surface area contributed by atoms with Crippen LogP contribution in [0.4, 0.5) is 5.82 Å². The molecule has 0 aliphatic carbocycles. The van der Waals surface area contributed by atoms with Crippen LogP contribution in [0, 0.1) is 0 Å². The number of aliphatic imine (C=N–C) groups is 1. The van der Waals surface area contributed by atoms with Gasteiger partial charge in [0.2, 0.25) is 0 Å². The number of benzene rings is 1. The Kier molecular flexibility index (Phi) is 5.66. The number of allylic oxidation sites excluding steroid dienone is 2. The minimum Gasteiger partial charge on any atom is -0.369 e. The Bertz CT molecular complexity index is 1010. The van der Waals surface area contributed by atoms with Gasteiger partial charge >= 0.3 is 0 Å². The molecule has 0 spiro atoms. The van der Waals surface area contributed by atoms with Gasteiger partial charge < -0.3 is 14.8 Å². The molecule has 2 N–H and O–H groups in total. The summed E-state index contributed by atoms with van der Waals surface area (Å²) < 4.78 is 1.95. The molecule has 28 heavy (non-hydrogen) atoms. The second-order valence-electron chi connectivity index (χ2n) is 7.99. The van der Waals surface area contributed by atoms with Crippen LogP contribution in [0.15, 0.2) is 59.9 Å². The molecule has 0 radical (unpaired) electrons. The average molecular weight is 377 g/mol. The molecule has 146 valence electrons. The minimum absolute atomic E-state index is 0.0891. The summed E-state index contributed by atoms with van der Waals surface area (Å²) in [6.07, 6.45) is 6.84. The number of imidazole rings is 1. The number of fused-ring (bicyclic) bond motifs is 1. The highest BCUT2D eigenvalue weighted by atomic mass is 16.3. The third-order valence-corrected chi connectivity index (χ3v) is 4.76. The lowest BCUT2D eigenvalue weighted by molar-refractivity contribution is 0.207. The van der Waals surface area contributed by atoms with E-state index in [1.807, 2.05) is 54.1 Å². The van der Waals surface area contributed by atoms with Gasteiger partial charge in [-0.3, -0.25) is 4.99 Å². The molecule has 1 aromatic carbocycles. The van der Waals surface area contributed by atoms with E-state index in [0.29, 0.717) is 5.82 Å². The first-order valence-corrected chi connectivity index (χ1v) is 9.41. The molecular weight excluding hydrogens is 348 g/mol. The van der Waals surface area contributed by atoms with Crippen LogP contribution in [-0.4, -0.2) is 27.8 Å². The van der Waals surface area contributed by atoms with Gasteiger partial charge in [-0.05, 0) is 47.2 Å². The molecule has 2 heterocycles. The third kappa shape index (κ3) is 4.49. The van der Waals surface area contributed by atoms with E-state index in [4.69, 9.17) is 0 Å². The van der Waals surface area contributed by atoms with E-state index in [-0.39, 0.29) is 5.41 Å². The Morgan fingerprint density at radius 1 is 1.14 bits per heavy atom. The summed E-state index contributed by atoms with van der Waals surface area (Å²) in [6, 6.07) is 12.0. The van der Waals surface area contributed by atoms with Gasteiger partial charge in [0, 0.05) is 25.0 Å². The number of pyridine rings is 1. The van der Waals surface area contributed by atoms with E-state index in [2.05, 4.69) is 48.2 Å². The first-order valence-electron chi connectivity index (χ1n) is 9.41. The zero-order valence-corrected chi connectivity index (χ0v) is 17.1. The van der Waals surface area contributed by atoms with Crippen molar-refractivity contribution in [1.82, 2.24) is 9.38 Å². The first-order chi connectivity index (χ1) is 13.3. The molecule has 0 bridgehead atoms. The van der Waals surface area contributed by atoms with E-state index < -0.39 is 6.23 Å². The van der Waals surface area contributed by atoms with E-state index in [1.54, 1.807) is 13.3 Å². The lowest BCUT2D eigenvalue weighted by atomic mass is 9.86. The van der Waals surface area contributed by atoms with Gasteiger partial charge in [-0.25, -0.2) is 4.98 Å².